The van der Waals surface area contributed by atoms with E-state index < -0.39 is 0 Å². The first kappa shape index (κ1) is 15.1. The Morgan fingerprint density at radius 3 is 2.60 bits per heavy atom. The maximum absolute atomic E-state index is 5.32. The van der Waals surface area contributed by atoms with Crippen LogP contribution >= 0.6 is 15.9 Å². The molecule has 2 nitrogen and oxygen atoms in total. The van der Waals surface area contributed by atoms with Gasteiger partial charge in [-0.2, -0.15) is 0 Å². The number of likely N-dealkylation sites (N-methyl/N-ethyl adjacent to an activating group) is 1. The van der Waals surface area contributed by atoms with E-state index in [2.05, 4.69) is 64.6 Å². The Balaban J connectivity index is 2.22. The van der Waals surface area contributed by atoms with Crippen LogP contribution in [0.3, 0.4) is 0 Å². The van der Waals surface area contributed by atoms with Gasteiger partial charge in [-0.3, -0.25) is 0 Å². The highest BCUT2D eigenvalue weighted by Crippen LogP contribution is 2.25. The van der Waals surface area contributed by atoms with Gasteiger partial charge in [0.2, 0.25) is 0 Å². The van der Waals surface area contributed by atoms with Crippen molar-refractivity contribution in [2.24, 2.45) is 0 Å². The van der Waals surface area contributed by atoms with Crippen LogP contribution in [0.4, 0.5) is 0 Å². The Kier molecular flexibility index (Phi) is 5.21. The van der Waals surface area contributed by atoms with E-state index in [0.29, 0.717) is 6.04 Å². The lowest BCUT2D eigenvalue weighted by Crippen LogP contribution is -2.19. The topological polar surface area (TPSA) is 21.3 Å². The van der Waals surface area contributed by atoms with E-state index in [1.54, 1.807) is 7.11 Å². The highest BCUT2D eigenvalue weighted by atomic mass is 79.9. The zero-order valence-corrected chi connectivity index (χ0v) is 13.7. The minimum atomic E-state index is 0.300. The van der Waals surface area contributed by atoms with Gasteiger partial charge in [-0.1, -0.05) is 40.2 Å². The van der Waals surface area contributed by atoms with Crippen molar-refractivity contribution in [3.05, 3.63) is 63.6 Å². The average Bonchev–Trinajstić information content (AvgIpc) is 2.44. The standard InChI is InChI=1S/C17H20BrNO/c1-12-9-14(7-8-17(12)20-3)16(19-2)11-13-5-4-6-15(18)10-13/h4-10,16,19H,11H2,1-3H3. The van der Waals surface area contributed by atoms with Gasteiger partial charge in [-0.25, -0.2) is 0 Å². The molecule has 2 aromatic rings. The van der Waals surface area contributed by atoms with Gasteiger partial charge in [0.1, 0.15) is 5.75 Å². The molecular weight excluding hydrogens is 314 g/mol. The average molecular weight is 334 g/mol. The number of methoxy groups -OCH3 is 1. The number of halogens is 1. The van der Waals surface area contributed by atoms with Crippen LogP contribution in [0.15, 0.2) is 46.9 Å². The second-order valence-electron chi connectivity index (χ2n) is 4.90. The third kappa shape index (κ3) is 3.62. The second kappa shape index (κ2) is 6.91. The van der Waals surface area contributed by atoms with E-state index in [1.807, 2.05) is 13.1 Å². The molecule has 3 heteroatoms. The Morgan fingerprint density at radius 2 is 2.00 bits per heavy atom. The Morgan fingerprint density at radius 1 is 1.20 bits per heavy atom. The van der Waals surface area contributed by atoms with Crippen LogP contribution in [-0.2, 0) is 6.42 Å². The molecule has 106 valence electrons. The molecule has 0 amide bonds. The van der Waals surface area contributed by atoms with Crippen molar-refractivity contribution < 1.29 is 4.74 Å². The first-order chi connectivity index (χ1) is 9.63. The van der Waals surface area contributed by atoms with Gasteiger partial charge in [-0.05, 0) is 55.3 Å². The maximum atomic E-state index is 5.32. The smallest absolute Gasteiger partial charge is 0.121 e. The summed E-state index contributed by atoms with van der Waals surface area (Å²) in [5, 5.41) is 3.39. The van der Waals surface area contributed by atoms with Crippen molar-refractivity contribution in [3.8, 4) is 5.75 Å². The maximum Gasteiger partial charge on any atom is 0.121 e. The predicted molar refractivity (Wildman–Crippen MR) is 87.4 cm³/mol. The minimum Gasteiger partial charge on any atom is -0.496 e. The quantitative estimate of drug-likeness (QED) is 0.882. The lowest BCUT2D eigenvalue weighted by atomic mass is 9.97. The molecule has 0 aliphatic carbocycles. The predicted octanol–water partition coefficient (Wildman–Crippen LogP) is 4.27. The summed E-state index contributed by atoms with van der Waals surface area (Å²) in [6.45, 7) is 2.08. The zero-order chi connectivity index (χ0) is 14.5. The highest BCUT2D eigenvalue weighted by molar-refractivity contribution is 9.10. The number of hydrogen-bond acceptors (Lipinski definition) is 2. The van der Waals surface area contributed by atoms with E-state index in [4.69, 9.17) is 4.74 Å². The van der Waals surface area contributed by atoms with Crippen LogP contribution in [0.1, 0.15) is 22.7 Å². The summed E-state index contributed by atoms with van der Waals surface area (Å²) in [6.07, 6.45) is 0.960. The molecule has 1 atom stereocenters. The van der Waals surface area contributed by atoms with Crippen molar-refractivity contribution >= 4 is 15.9 Å². The largest absolute Gasteiger partial charge is 0.496 e. The molecular formula is C17H20BrNO. The van der Waals surface area contributed by atoms with Crippen LogP contribution in [0, 0.1) is 6.92 Å². The van der Waals surface area contributed by atoms with Gasteiger partial charge in [0.25, 0.3) is 0 Å². The van der Waals surface area contributed by atoms with Crippen molar-refractivity contribution in [3.63, 3.8) is 0 Å². The van der Waals surface area contributed by atoms with E-state index in [9.17, 15) is 0 Å². The van der Waals surface area contributed by atoms with E-state index >= 15 is 0 Å². The molecule has 0 saturated heterocycles. The molecule has 0 aliphatic rings. The molecule has 0 heterocycles. The highest BCUT2D eigenvalue weighted by Gasteiger charge is 2.12. The Labute approximate surface area is 129 Å². The summed E-state index contributed by atoms with van der Waals surface area (Å²) in [4.78, 5) is 0. The monoisotopic (exact) mass is 333 g/mol. The normalized spacial score (nSPS) is 12.2. The molecule has 0 bridgehead atoms. The molecule has 2 rings (SSSR count). The van der Waals surface area contributed by atoms with E-state index in [1.165, 1.54) is 16.7 Å². The molecule has 2 aromatic carbocycles. The summed E-state index contributed by atoms with van der Waals surface area (Å²) in [5.74, 6) is 0.936. The molecule has 1 N–H and O–H groups in total. The van der Waals surface area contributed by atoms with Crippen LogP contribution in [0.5, 0.6) is 5.75 Å². The summed E-state index contributed by atoms with van der Waals surface area (Å²) in [6, 6.07) is 15.1. The fourth-order valence-electron chi connectivity index (χ4n) is 2.40. The molecule has 0 spiro atoms. The van der Waals surface area contributed by atoms with Crippen molar-refractivity contribution in [2.45, 2.75) is 19.4 Å². The first-order valence-corrected chi connectivity index (χ1v) is 7.49. The number of nitrogens with one attached hydrogen (secondary N) is 1. The lowest BCUT2D eigenvalue weighted by molar-refractivity contribution is 0.411. The number of hydrogen-bond donors (Lipinski definition) is 1. The van der Waals surface area contributed by atoms with Crippen molar-refractivity contribution in [2.75, 3.05) is 14.2 Å². The Hall–Kier alpha value is -1.32. The second-order valence-corrected chi connectivity index (χ2v) is 5.82. The van der Waals surface area contributed by atoms with Crippen molar-refractivity contribution in [1.29, 1.82) is 0 Å². The molecule has 0 fully saturated rings. The van der Waals surface area contributed by atoms with E-state index in [0.717, 1.165) is 16.6 Å². The zero-order valence-electron chi connectivity index (χ0n) is 12.1. The summed E-state index contributed by atoms with van der Waals surface area (Å²) >= 11 is 3.52. The molecule has 0 saturated carbocycles. The van der Waals surface area contributed by atoms with E-state index in [-0.39, 0.29) is 0 Å². The number of rotatable bonds is 5. The number of benzene rings is 2. The van der Waals surface area contributed by atoms with Gasteiger partial charge < -0.3 is 10.1 Å². The third-order valence-corrected chi connectivity index (χ3v) is 3.99. The Bertz CT molecular complexity index is 583. The van der Waals surface area contributed by atoms with Crippen LogP contribution in [0.25, 0.3) is 0 Å². The lowest BCUT2D eigenvalue weighted by Gasteiger charge is -2.18. The van der Waals surface area contributed by atoms with Gasteiger partial charge in [0, 0.05) is 10.5 Å². The SMILES string of the molecule is CNC(Cc1cccc(Br)c1)c1ccc(OC)c(C)c1. The van der Waals surface area contributed by atoms with Gasteiger partial charge in [0.05, 0.1) is 7.11 Å². The number of aryl methyl sites for hydroxylation is 1. The first-order valence-electron chi connectivity index (χ1n) is 6.70. The van der Waals surface area contributed by atoms with Crippen LogP contribution in [0.2, 0.25) is 0 Å². The molecule has 0 aromatic heterocycles. The van der Waals surface area contributed by atoms with Gasteiger partial charge in [-0.15, -0.1) is 0 Å². The van der Waals surface area contributed by atoms with Crippen molar-refractivity contribution in [1.82, 2.24) is 5.32 Å². The minimum absolute atomic E-state index is 0.300. The molecule has 20 heavy (non-hydrogen) atoms. The molecule has 0 aliphatic heterocycles. The van der Waals surface area contributed by atoms with Crippen LogP contribution < -0.4 is 10.1 Å². The number of ether oxygens (including phenoxy) is 1. The fraction of sp³-hybridized carbons (Fsp3) is 0.294. The summed E-state index contributed by atoms with van der Waals surface area (Å²) < 4.78 is 6.44. The van der Waals surface area contributed by atoms with Gasteiger partial charge in [0.15, 0.2) is 0 Å². The molecule has 1 unspecified atom stereocenters. The summed E-state index contributed by atoms with van der Waals surface area (Å²) in [7, 11) is 3.71. The fourth-order valence-corrected chi connectivity index (χ4v) is 2.85. The molecule has 0 radical (unpaired) electrons. The summed E-state index contributed by atoms with van der Waals surface area (Å²) in [5.41, 5.74) is 3.76. The van der Waals surface area contributed by atoms with Crippen LogP contribution in [-0.4, -0.2) is 14.2 Å². The van der Waals surface area contributed by atoms with Gasteiger partial charge >= 0.3 is 0 Å². The third-order valence-electron chi connectivity index (χ3n) is 3.50.